The number of carbonyl (C=O) groups excluding carboxylic acids is 3. The molecule has 58 heavy (non-hydrogen) atoms. The van der Waals surface area contributed by atoms with E-state index >= 15 is 0 Å². The van der Waals surface area contributed by atoms with Crippen molar-refractivity contribution in [3.8, 4) is 34.4 Å². The van der Waals surface area contributed by atoms with Gasteiger partial charge in [0, 0.05) is 89.0 Å². The highest BCUT2D eigenvalue weighted by atomic mass is 16.3. The van der Waals surface area contributed by atoms with Crippen LogP contribution in [0.3, 0.4) is 0 Å². The first-order valence-electron chi connectivity index (χ1n) is 18.9. The van der Waals surface area contributed by atoms with Crippen LogP contribution in [0.1, 0.15) is 52.9 Å². The Morgan fingerprint density at radius 2 is 1.86 bits per heavy atom. The van der Waals surface area contributed by atoms with E-state index in [1.807, 2.05) is 53.6 Å². The summed E-state index contributed by atoms with van der Waals surface area (Å²) in [6.45, 7) is 4.56. The van der Waals surface area contributed by atoms with E-state index in [1.54, 1.807) is 62.2 Å². The summed E-state index contributed by atoms with van der Waals surface area (Å²) in [5, 5.41) is 19.0. The van der Waals surface area contributed by atoms with E-state index in [2.05, 4.69) is 27.5 Å². The van der Waals surface area contributed by atoms with Crippen molar-refractivity contribution in [3.05, 3.63) is 118 Å². The first-order chi connectivity index (χ1) is 27.9. The van der Waals surface area contributed by atoms with Gasteiger partial charge in [0.25, 0.3) is 11.5 Å². The smallest absolute Gasteiger partial charge is 0.270 e. The Hall–Kier alpha value is -7.17. The van der Waals surface area contributed by atoms with Gasteiger partial charge in [-0.25, -0.2) is 4.98 Å². The number of carbonyl (C=O) groups is 3. The van der Waals surface area contributed by atoms with Crippen LogP contribution in [0.25, 0.3) is 55.2 Å². The Bertz CT molecular complexity index is 2980. The SMILES string of the molecule is Cc1cc2c(-c3cccc4cc(-c5ccc(C(=O)NCC#Cc6ccc7occ(C8CCC(=O)NC8=O)c7c6)nc5)ncc34)nc(N3CC(C)(O)C3)cc2n(C)c1=O. The fourth-order valence-electron chi connectivity index (χ4n) is 7.87. The lowest BCUT2D eigenvalue weighted by Gasteiger charge is -2.45. The zero-order chi connectivity index (χ0) is 40.3. The highest BCUT2D eigenvalue weighted by Gasteiger charge is 2.38. The first-order valence-corrected chi connectivity index (χ1v) is 18.9. The summed E-state index contributed by atoms with van der Waals surface area (Å²) in [7, 11) is 1.76. The predicted octanol–water partition coefficient (Wildman–Crippen LogP) is 5.14. The van der Waals surface area contributed by atoms with Crippen LogP contribution in [0.5, 0.6) is 0 Å². The second-order valence-corrected chi connectivity index (χ2v) is 15.2. The number of rotatable bonds is 6. The molecule has 2 aromatic carbocycles. The van der Waals surface area contributed by atoms with E-state index in [9.17, 15) is 24.3 Å². The molecule has 3 amide bonds. The van der Waals surface area contributed by atoms with Gasteiger partial charge in [-0.15, -0.1) is 0 Å². The molecule has 0 bridgehead atoms. The molecule has 5 aromatic heterocycles. The predicted molar refractivity (Wildman–Crippen MR) is 219 cm³/mol. The number of nitrogens with one attached hydrogen (secondary N) is 2. The number of aromatic nitrogens is 4. The number of imide groups is 1. The van der Waals surface area contributed by atoms with Crippen molar-refractivity contribution in [1.82, 2.24) is 30.2 Å². The topological polar surface area (TPSA) is 173 Å². The maximum Gasteiger partial charge on any atom is 0.270 e. The number of hydrogen-bond donors (Lipinski definition) is 3. The number of anilines is 1. The monoisotopic (exact) mass is 771 g/mol. The van der Waals surface area contributed by atoms with E-state index in [-0.39, 0.29) is 41.9 Å². The van der Waals surface area contributed by atoms with Gasteiger partial charge < -0.3 is 24.3 Å². The third kappa shape index (κ3) is 6.63. The highest BCUT2D eigenvalue weighted by Crippen LogP contribution is 2.37. The highest BCUT2D eigenvalue weighted by molar-refractivity contribution is 6.05. The van der Waals surface area contributed by atoms with Gasteiger partial charge in [0.05, 0.1) is 41.2 Å². The van der Waals surface area contributed by atoms with E-state index in [1.165, 1.54) is 0 Å². The summed E-state index contributed by atoms with van der Waals surface area (Å²) in [4.78, 5) is 66.3. The lowest BCUT2D eigenvalue weighted by molar-refractivity contribution is -0.134. The van der Waals surface area contributed by atoms with Crippen LogP contribution < -0.4 is 21.1 Å². The second kappa shape index (κ2) is 14.1. The summed E-state index contributed by atoms with van der Waals surface area (Å²) in [6.07, 6.45) is 5.67. The summed E-state index contributed by atoms with van der Waals surface area (Å²) in [5.74, 6) is 5.25. The van der Waals surface area contributed by atoms with Crippen molar-refractivity contribution < 1.29 is 23.9 Å². The van der Waals surface area contributed by atoms with Crippen LogP contribution >= 0.6 is 0 Å². The summed E-state index contributed by atoms with van der Waals surface area (Å²) in [6, 6.07) is 20.6. The molecule has 2 saturated heterocycles. The minimum atomic E-state index is -0.797. The van der Waals surface area contributed by atoms with Gasteiger partial charge in [0.1, 0.15) is 17.1 Å². The summed E-state index contributed by atoms with van der Waals surface area (Å²) in [5.41, 5.74) is 5.74. The minimum Gasteiger partial charge on any atom is -0.464 e. The number of piperidine rings is 1. The van der Waals surface area contributed by atoms with E-state index in [0.717, 1.165) is 43.9 Å². The van der Waals surface area contributed by atoms with Gasteiger partial charge >= 0.3 is 0 Å². The molecule has 2 fully saturated rings. The van der Waals surface area contributed by atoms with Crippen LogP contribution in [-0.2, 0) is 16.6 Å². The average molecular weight is 772 g/mol. The third-order valence-corrected chi connectivity index (χ3v) is 10.9. The Morgan fingerprint density at radius 1 is 1.02 bits per heavy atom. The number of aliphatic hydroxyl groups is 1. The van der Waals surface area contributed by atoms with E-state index in [0.29, 0.717) is 53.3 Å². The Morgan fingerprint density at radius 3 is 2.64 bits per heavy atom. The first kappa shape index (κ1) is 36.5. The van der Waals surface area contributed by atoms with Crippen LogP contribution in [0, 0.1) is 18.8 Å². The number of aryl methyl sites for hydroxylation is 2. The zero-order valence-electron chi connectivity index (χ0n) is 31.9. The maximum atomic E-state index is 13.0. The van der Waals surface area contributed by atoms with Crippen molar-refractivity contribution in [1.29, 1.82) is 0 Å². The van der Waals surface area contributed by atoms with Crippen molar-refractivity contribution in [2.45, 2.75) is 38.2 Å². The molecule has 288 valence electrons. The molecule has 3 N–H and O–H groups in total. The molecular weight excluding hydrogens is 735 g/mol. The fraction of sp³-hybridized carbons (Fsp3) is 0.222. The molecule has 0 spiro atoms. The number of benzene rings is 2. The van der Waals surface area contributed by atoms with Crippen molar-refractivity contribution >= 4 is 56.2 Å². The average Bonchev–Trinajstić information content (AvgIpc) is 3.63. The van der Waals surface area contributed by atoms with Gasteiger partial charge in [-0.3, -0.25) is 34.5 Å². The molecule has 1 unspecified atom stereocenters. The van der Waals surface area contributed by atoms with Gasteiger partial charge in [0.2, 0.25) is 11.8 Å². The van der Waals surface area contributed by atoms with Gasteiger partial charge in [0.15, 0.2) is 0 Å². The molecule has 2 aliphatic heterocycles. The van der Waals surface area contributed by atoms with Crippen molar-refractivity contribution in [2.75, 3.05) is 24.5 Å². The molecule has 13 heteroatoms. The quantitative estimate of drug-likeness (QED) is 0.152. The molecule has 13 nitrogen and oxygen atoms in total. The van der Waals surface area contributed by atoms with Crippen molar-refractivity contribution in [2.24, 2.45) is 7.05 Å². The molecule has 7 heterocycles. The van der Waals surface area contributed by atoms with Crippen LogP contribution in [0.4, 0.5) is 5.82 Å². The number of pyridine rings is 4. The molecular formula is C45H37N7O6. The summed E-state index contributed by atoms with van der Waals surface area (Å²) >= 11 is 0. The number of nitrogens with zero attached hydrogens (tertiary/aromatic N) is 5. The molecule has 7 aromatic rings. The summed E-state index contributed by atoms with van der Waals surface area (Å²) < 4.78 is 7.31. The molecule has 0 radical (unpaired) electrons. The normalized spacial score (nSPS) is 16.2. The number of furan rings is 1. The number of hydrogen-bond acceptors (Lipinski definition) is 10. The van der Waals surface area contributed by atoms with Gasteiger partial charge in [-0.05, 0) is 68.1 Å². The third-order valence-electron chi connectivity index (χ3n) is 10.9. The number of β-amino-alcohol motifs (C(OH)–C–C–N with tert-alkyl or cyclic N) is 1. The second-order valence-electron chi connectivity index (χ2n) is 15.2. The number of amides is 3. The molecule has 2 aliphatic rings. The van der Waals surface area contributed by atoms with E-state index < -0.39 is 11.5 Å². The zero-order valence-corrected chi connectivity index (χ0v) is 31.9. The largest absolute Gasteiger partial charge is 0.464 e. The fourth-order valence-corrected chi connectivity index (χ4v) is 7.87. The Balaban J connectivity index is 0.920. The molecule has 0 saturated carbocycles. The lowest BCUT2D eigenvalue weighted by Crippen LogP contribution is -2.60. The molecule has 9 rings (SSSR count). The number of fused-ring (bicyclic) bond motifs is 3. The molecule has 1 atom stereocenters. The van der Waals surface area contributed by atoms with Crippen LogP contribution in [0.2, 0.25) is 0 Å². The Kier molecular flexibility index (Phi) is 8.86. The minimum absolute atomic E-state index is 0.0781. The lowest BCUT2D eigenvalue weighted by atomic mass is 9.90. The van der Waals surface area contributed by atoms with Crippen LogP contribution in [0.15, 0.2) is 94.6 Å². The Labute approximate surface area is 331 Å². The molecule has 0 aliphatic carbocycles. The van der Waals surface area contributed by atoms with Crippen molar-refractivity contribution in [3.63, 3.8) is 0 Å². The van der Waals surface area contributed by atoms with Gasteiger partial charge in [-0.1, -0.05) is 30.0 Å². The standard InChI is InChI=1S/C45H37N7O6/c1-25-16-32-37(51(3)44(25)56)19-39(52-23-45(2,57)24-52)49-41(32)29-8-4-7-27-18-36(48-21-33(27)29)28-10-12-35(47-20-28)43(55)46-15-5-6-26-9-13-38-31(17-26)34(22-58-38)30-11-14-40(53)50-42(30)54/h4,7-10,12-13,16-22,30,57H,11,14-15,23-24H2,1-3H3,(H,46,55)(H,50,53,54). The maximum absolute atomic E-state index is 13.0. The van der Waals surface area contributed by atoms with E-state index in [4.69, 9.17) is 14.4 Å². The van der Waals surface area contributed by atoms with Crippen LogP contribution in [-0.4, -0.2) is 67.6 Å². The van der Waals surface area contributed by atoms with Gasteiger partial charge in [-0.2, -0.15) is 0 Å².